The summed E-state index contributed by atoms with van der Waals surface area (Å²) in [4.78, 5) is 23.5. The van der Waals surface area contributed by atoms with E-state index in [9.17, 15) is 9.59 Å². The number of rotatable bonds is 7. The third-order valence-corrected chi connectivity index (χ3v) is 4.98. The number of hydrogen-bond acceptors (Lipinski definition) is 5. The average molecular weight is 384 g/mol. The Morgan fingerprint density at radius 2 is 2.00 bits per heavy atom. The zero-order valence-corrected chi connectivity index (χ0v) is 15.6. The van der Waals surface area contributed by atoms with Crippen LogP contribution in [0.15, 0.2) is 53.4 Å². The van der Waals surface area contributed by atoms with Crippen LogP contribution in [0.3, 0.4) is 0 Å². The summed E-state index contributed by atoms with van der Waals surface area (Å²) in [6.45, 7) is 1.67. The molecule has 2 aromatic rings. The van der Waals surface area contributed by atoms with Crippen LogP contribution in [0.4, 0.5) is 5.69 Å². The number of carboxylic acid groups (broad SMARTS) is 1. The number of thioether (sulfide) groups is 1. The number of aryl methyl sites for hydroxylation is 1. The van der Waals surface area contributed by atoms with Gasteiger partial charge < -0.3 is 20.5 Å². The van der Waals surface area contributed by atoms with Crippen molar-refractivity contribution in [1.29, 1.82) is 0 Å². The van der Waals surface area contributed by atoms with Crippen LogP contribution in [0, 0.1) is 0 Å². The summed E-state index contributed by atoms with van der Waals surface area (Å²) in [6, 6.07) is 15.1. The summed E-state index contributed by atoms with van der Waals surface area (Å²) in [5.74, 6) is -0.813. The number of aliphatic carboxylic acids is 1. The maximum atomic E-state index is 12.3. The molecule has 1 heterocycles. The monoisotopic (exact) mass is 384 g/mol. The highest BCUT2D eigenvalue weighted by Crippen LogP contribution is 2.32. The molecule has 0 saturated carbocycles. The van der Waals surface area contributed by atoms with Crippen molar-refractivity contribution in [3.05, 3.63) is 64.6 Å². The number of carboxylic acids is 1. The van der Waals surface area contributed by atoms with E-state index in [1.54, 1.807) is 24.3 Å². The number of carbonyl (C=O) groups is 2. The molecule has 0 radical (unpaired) electrons. The molecular weight excluding hydrogens is 364 g/mol. The Bertz CT molecular complexity index is 865. The van der Waals surface area contributed by atoms with Crippen LogP contribution in [0.25, 0.3) is 6.08 Å². The van der Waals surface area contributed by atoms with E-state index in [4.69, 9.17) is 9.84 Å². The van der Waals surface area contributed by atoms with Crippen molar-refractivity contribution < 1.29 is 19.4 Å². The highest BCUT2D eigenvalue weighted by molar-refractivity contribution is 8.05. The zero-order valence-electron chi connectivity index (χ0n) is 14.8. The number of anilines is 1. The average Bonchev–Trinajstić information content (AvgIpc) is 3.00. The molecule has 140 valence electrons. The molecule has 1 saturated heterocycles. The lowest BCUT2D eigenvalue weighted by Crippen LogP contribution is -2.30. The lowest BCUT2D eigenvalue weighted by Gasteiger charge is -2.13. The van der Waals surface area contributed by atoms with Crippen molar-refractivity contribution >= 4 is 35.4 Å². The SMILES string of the molecule is CCc1ccc(N[C@H]2NC(=O)/C(=C/c3ccccc3OCC(=O)O)S2)cc1. The fourth-order valence-corrected chi connectivity index (χ4v) is 3.54. The van der Waals surface area contributed by atoms with Crippen molar-refractivity contribution in [2.75, 3.05) is 11.9 Å². The van der Waals surface area contributed by atoms with Crippen LogP contribution < -0.4 is 15.4 Å². The molecule has 1 atom stereocenters. The first-order valence-electron chi connectivity index (χ1n) is 8.53. The Morgan fingerprint density at radius 1 is 1.26 bits per heavy atom. The standard InChI is InChI=1S/C20H20N2O4S/c1-2-13-7-9-15(10-8-13)21-20-22-19(25)17(27-20)11-14-5-3-4-6-16(14)26-12-18(23)24/h3-11,20-21H,2,12H2,1H3,(H,22,25)(H,23,24)/b17-11-/t20-/m0/s1. The van der Waals surface area contributed by atoms with Crippen LogP contribution in [-0.4, -0.2) is 29.1 Å². The summed E-state index contributed by atoms with van der Waals surface area (Å²) in [7, 11) is 0. The Kier molecular flexibility index (Phi) is 6.03. The summed E-state index contributed by atoms with van der Waals surface area (Å²) in [5.41, 5.74) is 2.56. The molecule has 2 aromatic carbocycles. The van der Waals surface area contributed by atoms with Gasteiger partial charge in [0.05, 0.1) is 4.91 Å². The molecule has 1 fully saturated rings. The van der Waals surface area contributed by atoms with E-state index in [1.165, 1.54) is 17.3 Å². The predicted molar refractivity (Wildman–Crippen MR) is 107 cm³/mol. The van der Waals surface area contributed by atoms with E-state index in [2.05, 4.69) is 29.7 Å². The van der Waals surface area contributed by atoms with Crippen molar-refractivity contribution in [3.63, 3.8) is 0 Å². The molecule has 3 rings (SSSR count). The van der Waals surface area contributed by atoms with Crippen molar-refractivity contribution in [2.45, 2.75) is 18.8 Å². The van der Waals surface area contributed by atoms with E-state index in [0.29, 0.717) is 16.2 Å². The maximum Gasteiger partial charge on any atom is 0.341 e. The molecule has 0 bridgehead atoms. The lowest BCUT2D eigenvalue weighted by molar-refractivity contribution is -0.139. The topological polar surface area (TPSA) is 87.7 Å². The lowest BCUT2D eigenvalue weighted by atomic mass is 10.1. The highest BCUT2D eigenvalue weighted by atomic mass is 32.2. The minimum atomic E-state index is -1.05. The number of amides is 1. The number of hydrogen-bond donors (Lipinski definition) is 3. The van der Waals surface area contributed by atoms with Gasteiger partial charge in [0.25, 0.3) is 5.91 Å². The van der Waals surface area contributed by atoms with Gasteiger partial charge in [0.1, 0.15) is 5.75 Å². The third-order valence-electron chi connectivity index (χ3n) is 3.95. The molecular formula is C20H20N2O4S. The van der Waals surface area contributed by atoms with Gasteiger partial charge in [-0.2, -0.15) is 0 Å². The van der Waals surface area contributed by atoms with Gasteiger partial charge in [-0.1, -0.05) is 49.0 Å². The number of nitrogens with one attached hydrogen (secondary N) is 2. The van der Waals surface area contributed by atoms with Gasteiger partial charge in [-0.15, -0.1) is 0 Å². The first-order valence-corrected chi connectivity index (χ1v) is 9.41. The highest BCUT2D eigenvalue weighted by Gasteiger charge is 2.27. The molecule has 7 heteroatoms. The van der Waals surface area contributed by atoms with E-state index in [1.807, 2.05) is 18.2 Å². The van der Waals surface area contributed by atoms with Gasteiger partial charge in [-0.05, 0) is 36.3 Å². The Hall–Kier alpha value is -2.93. The number of carbonyl (C=O) groups excluding carboxylic acids is 1. The third kappa shape index (κ3) is 5.04. The fourth-order valence-electron chi connectivity index (χ4n) is 2.57. The second kappa shape index (κ2) is 8.64. The number of para-hydroxylation sites is 1. The summed E-state index contributed by atoms with van der Waals surface area (Å²) < 4.78 is 5.29. The molecule has 3 N–H and O–H groups in total. The largest absolute Gasteiger partial charge is 0.481 e. The Balaban J connectivity index is 1.70. The van der Waals surface area contributed by atoms with Gasteiger partial charge >= 0.3 is 5.97 Å². The van der Waals surface area contributed by atoms with Crippen molar-refractivity contribution in [1.82, 2.24) is 5.32 Å². The van der Waals surface area contributed by atoms with Gasteiger partial charge in [0, 0.05) is 11.3 Å². The predicted octanol–water partition coefficient (Wildman–Crippen LogP) is 3.31. The fraction of sp³-hybridized carbons (Fsp3) is 0.200. The summed E-state index contributed by atoms with van der Waals surface area (Å²) >= 11 is 1.37. The minimum absolute atomic E-state index is 0.185. The second-order valence-electron chi connectivity index (χ2n) is 5.89. The number of ether oxygens (including phenoxy) is 1. The van der Waals surface area contributed by atoms with Gasteiger partial charge in [-0.25, -0.2) is 4.79 Å². The number of benzene rings is 2. The molecule has 6 nitrogen and oxygen atoms in total. The first-order chi connectivity index (χ1) is 13.0. The van der Waals surface area contributed by atoms with Crippen LogP contribution in [0.5, 0.6) is 5.75 Å². The van der Waals surface area contributed by atoms with Gasteiger partial charge in [-0.3, -0.25) is 4.79 Å². The van der Waals surface area contributed by atoms with Crippen LogP contribution >= 0.6 is 11.8 Å². The van der Waals surface area contributed by atoms with Crippen LogP contribution in [0.2, 0.25) is 0 Å². The molecule has 0 spiro atoms. The summed E-state index contributed by atoms with van der Waals surface area (Å²) in [6.07, 6.45) is 2.69. The maximum absolute atomic E-state index is 12.3. The smallest absolute Gasteiger partial charge is 0.341 e. The van der Waals surface area contributed by atoms with Gasteiger partial charge in [0.2, 0.25) is 0 Å². The molecule has 1 aliphatic rings. The molecule has 0 unspecified atom stereocenters. The first kappa shape index (κ1) is 18.8. The Morgan fingerprint density at radius 3 is 2.70 bits per heavy atom. The Labute approximate surface area is 161 Å². The van der Waals surface area contributed by atoms with Crippen molar-refractivity contribution in [2.24, 2.45) is 0 Å². The second-order valence-corrected chi connectivity index (χ2v) is 7.04. The van der Waals surface area contributed by atoms with E-state index in [-0.39, 0.29) is 11.4 Å². The normalized spacial score (nSPS) is 17.6. The van der Waals surface area contributed by atoms with Crippen molar-refractivity contribution in [3.8, 4) is 5.75 Å². The van der Waals surface area contributed by atoms with Crippen LogP contribution in [0.1, 0.15) is 18.1 Å². The van der Waals surface area contributed by atoms with E-state index >= 15 is 0 Å². The minimum Gasteiger partial charge on any atom is -0.481 e. The van der Waals surface area contributed by atoms with E-state index in [0.717, 1.165) is 12.1 Å². The molecule has 27 heavy (non-hydrogen) atoms. The molecule has 1 aliphatic heterocycles. The zero-order chi connectivity index (χ0) is 19.2. The van der Waals surface area contributed by atoms with Gasteiger partial charge in [0.15, 0.2) is 12.1 Å². The molecule has 0 aromatic heterocycles. The molecule has 1 amide bonds. The van der Waals surface area contributed by atoms with Crippen LogP contribution in [-0.2, 0) is 16.0 Å². The quantitative estimate of drug-likeness (QED) is 0.635. The summed E-state index contributed by atoms with van der Waals surface area (Å²) in [5, 5.41) is 14.9. The molecule has 0 aliphatic carbocycles. The van der Waals surface area contributed by atoms with E-state index < -0.39 is 12.6 Å².